The largest absolute Gasteiger partial charge is 0.313 e. The molecule has 0 heterocycles. The molecule has 0 spiro atoms. The molecule has 96 valence electrons. The number of hydrogen-bond donors (Lipinski definition) is 1. The van der Waals surface area contributed by atoms with Gasteiger partial charge in [-0.1, -0.05) is 63.9 Å². The van der Waals surface area contributed by atoms with Gasteiger partial charge in [0.05, 0.1) is 0 Å². The minimum Gasteiger partial charge on any atom is -0.313 e. The fraction of sp³-hybridized carbons (Fsp3) is 0.600. The van der Waals surface area contributed by atoms with Gasteiger partial charge in [0.25, 0.3) is 0 Å². The van der Waals surface area contributed by atoms with E-state index in [9.17, 15) is 5.21 Å². The van der Waals surface area contributed by atoms with Gasteiger partial charge in [0.2, 0.25) is 0 Å². The zero-order valence-corrected chi connectivity index (χ0v) is 11.3. The van der Waals surface area contributed by atoms with Crippen LogP contribution in [0.5, 0.6) is 0 Å². The molecule has 1 N–H and O–H groups in total. The highest BCUT2D eigenvalue weighted by Crippen LogP contribution is 2.19. The van der Waals surface area contributed by atoms with Crippen molar-refractivity contribution in [1.82, 2.24) is 5.06 Å². The van der Waals surface area contributed by atoms with Crippen molar-refractivity contribution in [2.24, 2.45) is 5.92 Å². The lowest BCUT2D eigenvalue weighted by Crippen LogP contribution is -2.36. The molecule has 0 unspecified atom stereocenters. The van der Waals surface area contributed by atoms with Crippen LogP contribution >= 0.6 is 0 Å². The molecule has 0 aliphatic rings. The molecule has 0 aliphatic carbocycles. The van der Waals surface area contributed by atoms with E-state index in [0.29, 0.717) is 12.5 Å². The van der Waals surface area contributed by atoms with Crippen LogP contribution < -0.4 is 0 Å². The summed E-state index contributed by atoms with van der Waals surface area (Å²) in [6, 6.07) is 10.4. The van der Waals surface area contributed by atoms with Crippen molar-refractivity contribution < 1.29 is 5.21 Å². The number of benzene rings is 1. The predicted octanol–water partition coefficient (Wildman–Crippen LogP) is 4.09. The summed E-state index contributed by atoms with van der Waals surface area (Å²) in [6.07, 6.45) is 3.27. The van der Waals surface area contributed by atoms with E-state index in [1.807, 2.05) is 18.2 Å². The zero-order chi connectivity index (χ0) is 12.7. The first-order chi connectivity index (χ1) is 8.19. The van der Waals surface area contributed by atoms with E-state index in [-0.39, 0.29) is 6.04 Å². The Hall–Kier alpha value is -0.860. The van der Waals surface area contributed by atoms with Gasteiger partial charge in [-0.05, 0) is 17.9 Å². The molecule has 2 atom stereocenters. The van der Waals surface area contributed by atoms with Crippen molar-refractivity contribution >= 4 is 0 Å². The molecular formula is C15H25NO. The average molecular weight is 235 g/mol. The molecule has 2 nitrogen and oxygen atoms in total. The molecule has 0 amide bonds. The molecule has 1 rings (SSSR count). The van der Waals surface area contributed by atoms with Crippen LogP contribution in [0, 0.1) is 5.92 Å². The highest BCUT2D eigenvalue weighted by Gasteiger charge is 2.21. The van der Waals surface area contributed by atoms with Gasteiger partial charge in [0, 0.05) is 12.6 Å². The molecule has 0 saturated carbocycles. The standard InChI is InChI=1S/C15H25NO/c1-4-9-15(13(3)5-2)16(17)12-14-10-7-6-8-11-14/h6-8,10-11,13,15,17H,4-5,9,12H2,1-3H3/t13-,15+/m0/s1. The number of nitrogens with zero attached hydrogens (tertiary/aromatic N) is 1. The third-order valence-electron chi connectivity index (χ3n) is 3.46. The fourth-order valence-corrected chi connectivity index (χ4v) is 2.18. The Kier molecular flexibility index (Phi) is 6.23. The summed E-state index contributed by atoms with van der Waals surface area (Å²) in [4.78, 5) is 0. The van der Waals surface area contributed by atoms with E-state index >= 15 is 0 Å². The highest BCUT2D eigenvalue weighted by atomic mass is 16.5. The highest BCUT2D eigenvalue weighted by molar-refractivity contribution is 5.14. The Balaban J connectivity index is 2.61. The van der Waals surface area contributed by atoms with Crippen LogP contribution in [-0.4, -0.2) is 16.3 Å². The SMILES string of the molecule is CCC[C@H]([C@@H](C)CC)N(O)Cc1ccccc1. The van der Waals surface area contributed by atoms with Gasteiger partial charge in [-0.15, -0.1) is 0 Å². The molecule has 2 heteroatoms. The molecular weight excluding hydrogens is 210 g/mol. The van der Waals surface area contributed by atoms with Crippen LogP contribution in [0.2, 0.25) is 0 Å². The lowest BCUT2D eigenvalue weighted by Gasteiger charge is -2.30. The summed E-state index contributed by atoms with van der Waals surface area (Å²) >= 11 is 0. The van der Waals surface area contributed by atoms with E-state index in [1.165, 1.54) is 10.6 Å². The Morgan fingerprint density at radius 3 is 2.35 bits per heavy atom. The second kappa shape index (κ2) is 7.46. The van der Waals surface area contributed by atoms with Crippen LogP contribution in [0.15, 0.2) is 30.3 Å². The molecule has 0 aromatic heterocycles. The smallest absolute Gasteiger partial charge is 0.0491 e. The molecule has 0 saturated heterocycles. The van der Waals surface area contributed by atoms with Crippen molar-refractivity contribution in [2.45, 2.75) is 52.6 Å². The van der Waals surface area contributed by atoms with Gasteiger partial charge in [-0.2, -0.15) is 5.06 Å². The van der Waals surface area contributed by atoms with Gasteiger partial charge in [0.1, 0.15) is 0 Å². The van der Waals surface area contributed by atoms with Gasteiger partial charge in [0.15, 0.2) is 0 Å². The molecule has 0 bridgehead atoms. The predicted molar refractivity (Wildman–Crippen MR) is 71.9 cm³/mol. The number of rotatable bonds is 7. The first-order valence-electron chi connectivity index (χ1n) is 6.68. The average Bonchev–Trinajstić information content (AvgIpc) is 2.36. The second-order valence-electron chi connectivity index (χ2n) is 4.82. The summed E-state index contributed by atoms with van der Waals surface area (Å²) in [7, 11) is 0. The van der Waals surface area contributed by atoms with Crippen molar-refractivity contribution in [3.8, 4) is 0 Å². The van der Waals surface area contributed by atoms with Crippen molar-refractivity contribution in [3.05, 3.63) is 35.9 Å². The van der Waals surface area contributed by atoms with Crippen LogP contribution in [0.25, 0.3) is 0 Å². The summed E-state index contributed by atoms with van der Waals surface area (Å²) in [6.45, 7) is 7.19. The van der Waals surface area contributed by atoms with Crippen LogP contribution in [0.1, 0.15) is 45.6 Å². The molecule has 17 heavy (non-hydrogen) atoms. The van der Waals surface area contributed by atoms with E-state index in [0.717, 1.165) is 19.3 Å². The van der Waals surface area contributed by atoms with E-state index < -0.39 is 0 Å². The first kappa shape index (κ1) is 14.2. The monoisotopic (exact) mass is 235 g/mol. The maximum absolute atomic E-state index is 10.2. The Bertz CT molecular complexity index is 299. The normalized spacial score (nSPS) is 14.9. The molecule has 1 aromatic rings. The minimum absolute atomic E-state index is 0.269. The van der Waals surface area contributed by atoms with Crippen molar-refractivity contribution in [1.29, 1.82) is 0 Å². The molecule has 0 radical (unpaired) electrons. The maximum atomic E-state index is 10.2. The van der Waals surface area contributed by atoms with E-state index in [4.69, 9.17) is 0 Å². The van der Waals surface area contributed by atoms with Crippen LogP contribution in [0.3, 0.4) is 0 Å². The summed E-state index contributed by atoms with van der Waals surface area (Å²) in [5.41, 5.74) is 1.17. The summed E-state index contributed by atoms with van der Waals surface area (Å²) in [5.74, 6) is 0.531. The Morgan fingerprint density at radius 2 is 1.82 bits per heavy atom. The van der Waals surface area contributed by atoms with Crippen molar-refractivity contribution in [3.63, 3.8) is 0 Å². The van der Waals surface area contributed by atoms with E-state index in [1.54, 1.807) is 0 Å². The summed E-state index contributed by atoms with van der Waals surface area (Å²) < 4.78 is 0. The quantitative estimate of drug-likeness (QED) is 0.719. The third-order valence-corrected chi connectivity index (χ3v) is 3.46. The lowest BCUT2D eigenvalue weighted by molar-refractivity contribution is -0.150. The van der Waals surface area contributed by atoms with Crippen LogP contribution in [-0.2, 0) is 6.54 Å². The molecule has 1 aromatic carbocycles. The maximum Gasteiger partial charge on any atom is 0.0491 e. The summed E-state index contributed by atoms with van der Waals surface area (Å²) in [5, 5.41) is 11.7. The van der Waals surface area contributed by atoms with Gasteiger partial charge >= 0.3 is 0 Å². The minimum atomic E-state index is 0.269. The third kappa shape index (κ3) is 4.49. The van der Waals surface area contributed by atoms with Gasteiger partial charge in [-0.3, -0.25) is 0 Å². The zero-order valence-electron chi connectivity index (χ0n) is 11.3. The second-order valence-corrected chi connectivity index (χ2v) is 4.82. The lowest BCUT2D eigenvalue weighted by atomic mass is 9.94. The topological polar surface area (TPSA) is 23.5 Å². The Morgan fingerprint density at radius 1 is 1.18 bits per heavy atom. The van der Waals surface area contributed by atoms with Gasteiger partial charge in [-0.25, -0.2) is 0 Å². The van der Waals surface area contributed by atoms with Crippen LogP contribution in [0.4, 0.5) is 0 Å². The van der Waals surface area contributed by atoms with Crippen molar-refractivity contribution in [2.75, 3.05) is 0 Å². The first-order valence-corrected chi connectivity index (χ1v) is 6.68. The Labute approximate surface area is 105 Å². The molecule has 0 aliphatic heterocycles. The van der Waals surface area contributed by atoms with Gasteiger partial charge < -0.3 is 5.21 Å². The fourth-order valence-electron chi connectivity index (χ4n) is 2.18. The molecule has 0 fully saturated rings. The number of hydroxylamine groups is 2. The van der Waals surface area contributed by atoms with E-state index in [2.05, 4.69) is 32.9 Å². The number of hydrogen-bond acceptors (Lipinski definition) is 2.